The smallest absolute Gasteiger partial charge is 0.240 e. The summed E-state index contributed by atoms with van der Waals surface area (Å²) in [6.07, 6.45) is 10.8. The van der Waals surface area contributed by atoms with Gasteiger partial charge < -0.3 is 5.32 Å². The molecule has 0 fully saturated rings. The second kappa shape index (κ2) is 10.2. The Bertz CT molecular complexity index is 1010. The van der Waals surface area contributed by atoms with E-state index in [-0.39, 0.29) is 18.9 Å². The standard InChI is InChI=1S/C23H31N3O3S2/c27-22(24-14-5-10-23-26-20-8-3-4-9-21(20)30-23)13-15-25-31(28,29)19-12-11-17-6-1-2-7-18(17)16-19/h11-12,16,25H,1-10,13-15H2,(H,24,27). The molecule has 0 atom stereocenters. The van der Waals surface area contributed by atoms with Crippen molar-refractivity contribution in [1.29, 1.82) is 0 Å². The number of carbonyl (C=O) groups is 1. The fourth-order valence-electron chi connectivity index (χ4n) is 4.33. The Morgan fingerprint density at radius 1 is 1.00 bits per heavy atom. The molecule has 0 bridgehead atoms. The molecule has 6 nitrogen and oxygen atoms in total. The van der Waals surface area contributed by atoms with Gasteiger partial charge in [-0.3, -0.25) is 4.79 Å². The van der Waals surface area contributed by atoms with Gasteiger partial charge in [0, 0.05) is 30.8 Å². The van der Waals surface area contributed by atoms with Gasteiger partial charge in [-0.05, 0) is 81.0 Å². The van der Waals surface area contributed by atoms with Gasteiger partial charge in [0.25, 0.3) is 0 Å². The number of amides is 1. The van der Waals surface area contributed by atoms with Crippen LogP contribution < -0.4 is 10.0 Å². The van der Waals surface area contributed by atoms with Gasteiger partial charge in [0.05, 0.1) is 15.6 Å². The van der Waals surface area contributed by atoms with Crippen molar-refractivity contribution in [2.45, 2.75) is 75.5 Å². The SMILES string of the molecule is O=C(CCNS(=O)(=O)c1ccc2c(c1)CCCC2)NCCCc1nc2c(s1)CCCC2. The summed E-state index contributed by atoms with van der Waals surface area (Å²) in [6, 6.07) is 5.38. The number of benzene rings is 1. The number of hydrogen-bond donors (Lipinski definition) is 2. The van der Waals surface area contributed by atoms with E-state index < -0.39 is 10.0 Å². The summed E-state index contributed by atoms with van der Waals surface area (Å²) in [7, 11) is -3.59. The summed E-state index contributed by atoms with van der Waals surface area (Å²) < 4.78 is 27.7. The van der Waals surface area contributed by atoms with Gasteiger partial charge in [-0.15, -0.1) is 11.3 Å². The molecular weight excluding hydrogens is 430 g/mol. The molecule has 2 aliphatic carbocycles. The molecule has 0 radical (unpaired) electrons. The Labute approximate surface area is 188 Å². The van der Waals surface area contributed by atoms with Crippen LogP contribution in [0.5, 0.6) is 0 Å². The number of nitrogens with one attached hydrogen (secondary N) is 2. The molecule has 1 aromatic carbocycles. The maximum Gasteiger partial charge on any atom is 0.240 e. The van der Waals surface area contributed by atoms with Crippen molar-refractivity contribution < 1.29 is 13.2 Å². The minimum atomic E-state index is -3.59. The third-order valence-electron chi connectivity index (χ3n) is 6.05. The summed E-state index contributed by atoms with van der Waals surface area (Å²) in [5.74, 6) is -0.133. The topological polar surface area (TPSA) is 88.2 Å². The van der Waals surface area contributed by atoms with Gasteiger partial charge in [-0.1, -0.05) is 6.07 Å². The molecule has 0 spiro atoms. The first-order chi connectivity index (χ1) is 15.0. The van der Waals surface area contributed by atoms with Crippen LogP contribution in [0.1, 0.15) is 65.2 Å². The Morgan fingerprint density at radius 3 is 2.61 bits per heavy atom. The van der Waals surface area contributed by atoms with Crippen LogP contribution in [0.4, 0.5) is 0 Å². The van der Waals surface area contributed by atoms with E-state index >= 15 is 0 Å². The van der Waals surface area contributed by atoms with Crippen molar-refractivity contribution in [2.75, 3.05) is 13.1 Å². The predicted octanol–water partition coefficient (Wildman–Crippen LogP) is 3.32. The highest BCUT2D eigenvalue weighted by atomic mass is 32.2. The summed E-state index contributed by atoms with van der Waals surface area (Å²) >= 11 is 1.82. The Kier molecular flexibility index (Phi) is 7.40. The number of aryl methyl sites for hydroxylation is 5. The normalized spacial score (nSPS) is 15.9. The number of carbonyl (C=O) groups excluding carboxylic acids is 1. The number of sulfonamides is 1. The summed E-state index contributed by atoms with van der Waals surface area (Å²) in [5.41, 5.74) is 3.66. The van der Waals surface area contributed by atoms with E-state index in [0.29, 0.717) is 11.4 Å². The van der Waals surface area contributed by atoms with E-state index in [4.69, 9.17) is 4.98 Å². The van der Waals surface area contributed by atoms with E-state index in [1.165, 1.54) is 40.4 Å². The lowest BCUT2D eigenvalue weighted by Gasteiger charge is -2.16. The van der Waals surface area contributed by atoms with E-state index in [9.17, 15) is 13.2 Å². The summed E-state index contributed by atoms with van der Waals surface area (Å²) in [6.45, 7) is 0.686. The average molecular weight is 462 g/mol. The quantitative estimate of drug-likeness (QED) is 0.561. The molecule has 4 rings (SSSR count). The minimum absolute atomic E-state index is 0.102. The molecule has 0 saturated heterocycles. The fraction of sp³-hybridized carbons (Fsp3) is 0.565. The van der Waals surface area contributed by atoms with Crippen molar-refractivity contribution in [2.24, 2.45) is 0 Å². The molecule has 1 heterocycles. The van der Waals surface area contributed by atoms with Crippen LogP contribution in [0, 0.1) is 0 Å². The second-order valence-electron chi connectivity index (χ2n) is 8.42. The van der Waals surface area contributed by atoms with Crippen LogP contribution in [-0.4, -0.2) is 32.4 Å². The second-order valence-corrected chi connectivity index (χ2v) is 11.4. The number of thiazole rings is 1. The maximum absolute atomic E-state index is 12.6. The fourth-order valence-corrected chi connectivity index (χ4v) is 6.61. The van der Waals surface area contributed by atoms with E-state index in [1.54, 1.807) is 12.1 Å². The van der Waals surface area contributed by atoms with Crippen molar-refractivity contribution in [3.05, 3.63) is 44.9 Å². The number of nitrogens with zero attached hydrogens (tertiary/aromatic N) is 1. The molecule has 0 unspecified atom stereocenters. The first-order valence-electron chi connectivity index (χ1n) is 11.4. The predicted molar refractivity (Wildman–Crippen MR) is 123 cm³/mol. The Balaban J connectivity index is 1.16. The van der Waals surface area contributed by atoms with Gasteiger partial charge in [-0.2, -0.15) is 0 Å². The van der Waals surface area contributed by atoms with Crippen LogP contribution in [0.3, 0.4) is 0 Å². The molecule has 8 heteroatoms. The molecule has 168 valence electrons. The van der Waals surface area contributed by atoms with Crippen LogP contribution in [-0.2, 0) is 46.9 Å². The van der Waals surface area contributed by atoms with Crippen LogP contribution in [0.25, 0.3) is 0 Å². The van der Waals surface area contributed by atoms with Gasteiger partial charge in [-0.25, -0.2) is 18.1 Å². The van der Waals surface area contributed by atoms with Crippen molar-refractivity contribution >= 4 is 27.3 Å². The summed E-state index contributed by atoms with van der Waals surface area (Å²) in [5, 5.41) is 4.05. The van der Waals surface area contributed by atoms with E-state index in [1.807, 2.05) is 17.4 Å². The van der Waals surface area contributed by atoms with Crippen molar-refractivity contribution in [3.63, 3.8) is 0 Å². The van der Waals surface area contributed by atoms with E-state index in [2.05, 4.69) is 10.0 Å². The average Bonchev–Trinajstić information content (AvgIpc) is 3.19. The third-order valence-corrected chi connectivity index (χ3v) is 8.73. The largest absolute Gasteiger partial charge is 0.356 e. The zero-order valence-electron chi connectivity index (χ0n) is 17.9. The molecular formula is C23H31N3O3S2. The highest BCUT2D eigenvalue weighted by molar-refractivity contribution is 7.89. The van der Waals surface area contributed by atoms with Crippen LogP contribution in [0.2, 0.25) is 0 Å². The Hall–Kier alpha value is -1.77. The molecule has 2 aromatic rings. The zero-order chi connectivity index (χ0) is 21.7. The molecule has 2 aliphatic rings. The zero-order valence-corrected chi connectivity index (χ0v) is 19.5. The van der Waals surface area contributed by atoms with E-state index in [0.717, 1.165) is 50.5 Å². The van der Waals surface area contributed by atoms with Gasteiger partial charge in [0.15, 0.2) is 0 Å². The monoisotopic (exact) mass is 461 g/mol. The number of fused-ring (bicyclic) bond motifs is 2. The highest BCUT2D eigenvalue weighted by Gasteiger charge is 2.18. The van der Waals surface area contributed by atoms with Crippen molar-refractivity contribution in [3.8, 4) is 0 Å². The maximum atomic E-state index is 12.6. The molecule has 31 heavy (non-hydrogen) atoms. The molecule has 0 aliphatic heterocycles. The number of hydrogen-bond acceptors (Lipinski definition) is 5. The molecule has 1 aromatic heterocycles. The van der Waals surface area contributed by atoms with Gasteiger partial charge >= 0.3 is 0 Å². The van der Waals surface area contributed by atoms with Crippen LogP contribution >= 0.6 is 11.3 Å². The molecule has 1 amide bonds. The molecule has 0 saturated carbocycles. The van der Waals surface area contributed by atoms with Gasteiger partial charge in [0.2, 0.25) is 15.9 Å². The highest BCUT2D eigenvalue weighted by Crippen LogP contribution is 2.27. The lowest BCUT2D eigenvalue weighted by molar-refractivity contribution is -0.120. The first-order valence-corrected chi connectivity index (χ1v) is 13.7. The first kappa shape index (κ1) is 22.4. The number of aromatic nitrogens is 1. The van der Waals surface area contributed by atoms with Gasteiger partial charge in [0.1, 0.15) is 0 Å². The lowest BCUT2D eigenvalue weighted by Crippen LogP contribution is -2.31. The minimum Gasteiger partial charge on any atom is -0.356 e. The lowest BCUT2D eigenvalue weighted by atomic mass is 9.92. The third kappa shape index (κ3) is 5.93. The Morgan fingerprint density at radius 2 is 1.77 bits per heavy atom. The molecule has 2 N–H and O–H groups in total. The number of rotatable bonds is 9. The van der Waals surface area contributed by atoms with Crippen molar-refractivity contribution in [1.82, 2.24) is 15.0 Å². The summed E-state index contributed by atoms with van der Waals surface area (Å²) in [4.78, 5) is 18.5. The van der Waals surface area contributed by atoms with Crippen LogP contribution in [0.15, 0.2) is 23.1 Å².